The third kappa shape index (κ3) is 4.55. The van der Waals surface area contributed by atoms with Crippen molar-refractivity contribution < 1.29 is 9.77 Å². The monoisotopic (exact) mass is 437 g/mol. The Morgan fingerprint density at radius 3 is 2.53 bits per heavy atom. The maximum absolute atomic E-state index is 11.8. The number of aromatic nitrogens is 1. The van der Waals surface area contributed by atoms with Crippen molar-refractivity contribution in [1.82, 2.24) is 4.98 Å². The van der Waals surface area contributed by atoms with Gasteiger partial charge in [0.05, 0.1) is 10.2 Å². The van der Waals surface area contributed by atoms with Crippen LogP contribution in [0.4, 0.5) is 5.69 Å². The van der Waals surface area contributed by atoms with Crippen LogP contribution in [0.15, 0.2) is 77.1 Å². The maximum Gasteiger partial charge on any atom is 0.165 e. The number of thiazole rings is 1. The number of rotatable bonds is 8. The van der Waals surface area contributed by atoms with Crippen molar-refractivity contribution in [3.05, 3.63) is 94.0 Å². The van der Waals surface area contributed by atoms with E-state index in [1.807, 2.05) is 54.8 Å². The van der Waals surface area contributed by atoms with Crippen LogP contribution in [-0.4, -0.2) is 16.3 Å². The van der Waals surface area contributed by atoms with Crippen LogP contribution in [0, 0.1) is 10.1 Å². The Kier molecular flexibility index (Phi) is 6.15. The molecule has 1 heterocycles. The lowest BCUT2D eigenvalue weighted by Crippen LogP contribution is -2.29. The number of anilines is 1. The largest absolute Gasteiger partial charge is 0.489 e. The molecule has 0 bridgehead atoms. The van der Waals surface area contributed by atoms with E-state index >= 15 is 0 Å². The molecule has 0 unspecified atom stereocenters. The Morgan fingerprint density at radius 2 is 1.83 bits per heavy atom. The van der Waals surface area contributed by atoms with Crippen LogP contribution in [0.1, 0.15) is 11.1 Å². The standard InChI is InChI=1S/C22H19N3O3S2/c1-29-22-23-21-17(8-5-9-20(21)30-22)14-24(25(26)27)18-10-12-19(13-11-18)28-15-16-6-3-2-4-7-16/h2-13H,14-15H2,1H3. The minimum absolute atomic E-state index is 0.131. The van der Waals surface area contributed by atoms with Gasteiger partial charge in [0.15, 0.2) is 9.37 Å². The molecular weight excluding hydrogens is 418 g/mol. The predicted molar refractivity (Wildman–Crippen MR) is 122 cm³/mol. The number of benzene rings is 3. The topological polar surface area (TPSA) is 68.5 Å². The van der Waals surface area contributed by atoms with Crippen molar-refractivity contribution in [2.45, 2.75) is 17.5 Å². The Bertz CT molecular complexity index is 1150. The van der Waals surface area contributed by atoms with E-state index in [4.69, 9.17) is 4.74 Å². The van der Waals surface area contributed by atoms with Crippen LogP contribution >= 0.6 is 23.1 Å². The van der Waals surface area contributed by atoms with Gasteiger partial charge in [0.1, 0.15) is 24.6 Å². The number of hydrogen-bond acceptors (Lipinski definition) is 6. The molecule has 3 aromatic carbocycles. The number of thioether (sulfide) groups is 1. The molecule has 0 spiro atoms. The summed E-state index contributed by atoms with van der Waals surface area (Å²) in [5.74, 6) is 0.664. The zero-order valence-corrected chi connectivity index (χ0v) is 17.9. The lowest BCUT2D eigenvalue weighted by molar-refractivity contribution is -0.496. The molecule has 0 fully saturated rings. The van der Waals surface area contributed by atoms with E-state index in [1.54, 1.807) is 47.4 Å². The van der Waals surface area contributed by atoms with Gasteiger partial charge in [-0.3, -0.25) is 0 Å². The molecule has 0 N–H and O–H groups in total. The van der Waals surface area contributed by atoms with E-state index in [0.29, 0.717) is 18.0 Å². The SMILES string of the molecule is CSc1nc2c(CN(c3ccc(OCc4ccccc4)cc3)[N+](=O)[O-])cccc2s1. The molecule has 152 valence electrons. The first-order valence-electron chi connectivity index (χ1n) is 9.25. The molecule has 4 rings (SSSR count). The normalized spacial score (nSPS) is 10.8. The molecule has 0 atom stereocenters. The summed E-state index contributed by atoms with van der Waals surface area (Å²) in [6.07, 6.45) is 1.97. The summed E-state index contributed by atoms with van der Waals surface area (Å²) in [6.45, 7) is 0.578. The lowest BCUT2D eigenvalue weighted by Gasteiger charge is -2.15. The molecule has 4 aromatic rings. The Morgan fingerprint density at radius 1 is 1.07 bits per heavy atom. The smallest absolute Gasteiger partial charge is 0.165 e. The van der Waals surface area contributed by atoms with Gasteiger partial charge in [0, 0.05) is 5.56 Å². The summed E-state index contributed by atoms with van der Waals surface area (Å²) in [6, 6.07) is 22.6. The number of para-hydroxylation sites is 1. The first-order valence-corrected chi connectivity index (χ1v) is 11.3. The molecular formula is C22H19N3O3S2. The second-order valence-electron chi connectivity index (χ2n) is 6.51. The van der Waals surface area contributed by atoms with Gasteiger partial charge in [0.2, 0.25) is 0 Å². The lowest BCUT2D eigenvalue weighted by atomic mass is 10.2. The number of nitrogens with zero attached hydrogens (tertiary/aromatic N) is 3. The second kappa shape index (κ2) is 9.15. The van der Waals surface area contributed by atoms with Crippen molar-refractivity contribution in [2.24, 2.45) is 0 Å². The molecule has 0 saturated carbocycles. The van der Waals surface area contributed by atoms with Crippen LogP contribution in [0.25, 0.3) is 10.2 Å². The van der Waals surface area contributed by atoms with Gasteiger partial charge in [-0.25, -0.2) is 15.1 Å². The fourth-order valence-electron chi connectivity index (χ4n) is 3.06. The Balaban J connectivity index is 1.52. The summed E-state index contributed by atoms with van der Waals surface area (Å²) in [5.41, 5.74) is 3.20. The summed E-state index contributed by atoms with van der Waals surface area (Å²) in [5, 5.41) is 12.5. The molecule has 0 aliphatic carbocycles. The van der Waals surface area contributed by atoms with E-state index in [1.165, 1.54) is 0 Å². The van der Waals surface area contributed by atoms with Gasteiger partial charge in [-0.15, -0.1) is 11.3 Å². The highest BCUT2D eigenvalue weighted by atomic mass is 32.2. The number of ether oxygens (including phenoxy) is 1. The number of nitro groups is 1. The van der Waals surface area contributed by atoms with Crippen molar-refractivity contribution >= 4 is 39.0 Å². The minimum Gasteiger partial charge on any atom is -0.489 e. The number of hydrazine groups is 1. The average molecular weight is 438 g/mol. The molecule has 0 aliphatic rings. The average Bonchev–Trinajstić information content (AvgIpc) is 3.21. The van der Waals surface area contributed by atoms with Crippen molar-refractivity contribution in [3.8, 4) is 5.75 Å². The second-order valence-corrected chi connectivity index (χ2v) is 8.60. The zero-order valence-electron chi connectivity index (χ0n) is 16.2. The van der Waals surface area contributed by atoms with E-state index in [-0.39, 0.29) is 11.6 Å². The predicted octanol–water partition coefficient (Wildman–Crippen LogP) is 5.80. The first-order chi connectivity index (χ1) is 14.6. The molecule has 8 heteroatoms. The van der Waals surface area contributed by atoms with Crippen LogP contribution in [0.3, 0.4) is 0 Å². The van der Waals surface area contributed by atoms with Gasteiger partial charge >= 0.3 is 0 Å². The zero-order chi connectivity index (χ0) is 20.9. The van der Waals surface area contributed by atoms with E-state index < -0.39 is 0 Å². The highest BCUT2D eigenvalue weighted by Gasteiger charge is 2.20. The van der Waals surface area contributed by atoms with Crippen LogP contribution in [0.5, 0.6) is 5.75 Å². The third-order valence-corrected chi connectivity index (χ3v) is 6.56. The minimum atomic E-state index is -0.388. The fraction of sp³-hybridized carbons (Fsp3) is 0.136. The fourth-order valence-corrected chi connectivity index (χ4v) is 4.59. The van der Waals surface area contributed by atoms with E-state index in [2.05, 4.69) is 4.98 Å². The molecule has 0 radical (unpaired) electrons. The van der Waals surface area contributed by atoms with Gasteiger partial charge in [0.25, 0.3) is 0 Å². The van der Waals surface area contributed by atoms with Crippen LogP contribution in [0.2, 0.25) is 0 Å². The Hall–Kier alpha value is -3.10. The maximum atomic E-state index is 11.8. The molecule has 0 aliphatic heterocycles. The molecule has 0 amide bonds. The van der Waals surface area contributed by atoms with Gasteiger partial charge in [-0.1, -0.05) is 59.2 Å². The van der Waals surface area contributed by atoms with Gasteiger partial charge in [-0.2, -0.15) is 0 Å². The van der Waals surface area contributed by atoms with Gasteiger partial charge < -0.3 is 4.74 Å². The highest BCUT2D eigenvalue weighted by molar-refractivity contribution is 8.00. The third-order valence-electron chi connectivity index (χ3n) is 4.56. The molecule has 0 saturated heterocycles. The summed E-state index contributed by atoms with van der Waals surface area (Å²) >= 11 is 3.17. The highest BCUT2D eigenvalue weighted by Crippen LogP contribution is 2.31. The number of hydrogen-bond donors (Lipinski definition) is 0. The van der Waals surface area contributed by atoms with Crippen molar-refractivity contribution in [2.75, 3.05) is 11.3 Å². The van der Waals surface area contributed by atoms with E-state index in [9.17, 15) is 10.1 Å². The van der Waals surface area contributed by atoms with Crippen molar-refractivity contribution in [3.63, 3.8) is 0 Å². The summed E-state index contributed by atoms with van der Waals surface area (Å²) in [4.78, 5) is 16.4. The summed E-state index contributed by atoms with van der Waals surface area (Å²) in [7, 11) is 0. The van der Waals surface area contributed by atoms with Gasteiger partial charge in [-0.05, 0) is 42.2 Å². The van der Waals surface area contributed by atoms with Crippen LogP contribution < -0.4 is 9.75 Å². The van der Waals surface area contributed by atoms with E-state index in [0.717, 1.165) is 30.7 Å². The van der Waals surface area contributed by atoms with Crippen molar-refractivity contribution in [1.29, 1.82) is 0 Å². The number of fused-ring (bicyclic) bond motifs is 1. The summed E-state index contributed by atoms with van der Waals surface area (Å²) < 4.78 is 7.76. The molecule has 1 aromatic heterocycles. The Labute approximate surface area is 182 Å². The first kappa shape index (κ1) is 20.2. The molecule has 30 heavy (non-hydrogen) atoms. The van der Waals surface area contributed by atoms with Crippen LogP contribution in [-0.2, 0) is 13.2 Å². The molecule has 6 nitrogen and oxygen atoms in total. The quantitative estimate of drug-likeness (QED) is 0.197.